The highest BCUT2D eigenvalue weighted by Gasteiger charge is 2.28. The van der Waals surface area contributed by atoms with Crippen LogP contribution in [0.25, 0.3) is 11.4 Å². The van der Waals surface area contributed by atoms with Crippen LogP contribution in [-0.2, 0) is 17.6 Å². The Morgan fingerprint density at radius 3 is 2.63 bits per heavy atom. The summed E-state index contributed by atoms with van der Waals surface area (Å²) in [5.41, 5.74) is 3.10. The molecule has 0 radical (unpaired) electrons. The van der Waals surface area contributed by atoms with E-state index in [1.54, 1.807) is 0 Å². The summed E-state index contributed by atoms with van der Waals surface area (Å²) in [4.78, 5) is 22.1. The first-order valence-corrected chi connectivity index (χ1v) is 10.1. The molecule has 1 saturated carbocycles. The fraction of sp³-hybridized carbons (Fsp3) is 0.500. The third-order valence-electron chi connectivity index (χ3n) is 5.47. The van der Waals surface area contributed by atoms with Crippen LogP contribution >= 0.6 is 0 Å². The van der Waals surface area contributed by atoms with Crippen LogP contribution in [0.15, 0.2) is 30.3 Å². The number of amides is 1. The van der Waals surface area contributed by atoms with Crippen molar-refractivity contribution in [3.8, 4) is 17.3 Å². The largest absolute Gasteiger partial charge is 0.478 e. The lowest BCUT2D eigenvalue weighted by atomic mass is 9.99. The van der Waals surface area contributed by atoms with E-state index in [1.807, 2.05) is 37.3 Å². The quantitative estimate of drug-likeness (QED) is 0.795. The van der Waals surface area contributed by atoms with Gasteiger partial charge in [-0.3, -0.25) is 4.79 Å². The topological polar surface area (TPSA) is 64.1 Å². The van der Waals surface area contributed by atoms with Crippen LogP contribution in [0, 0.1) is 11.8 Å². The standard InChI is InChI=1S/C22H27N3O2/c1-2-27-22-18-12-10-17(21(26)23-14-15-8-9-15)11-13-19(18)24-20(25-22)16-6-4-3-5-7-16/h3-7,15,17H,2,8-14H2,1H3,(H,23,26). The number of nitrogens with zero attached hydrogens (tertiary/aromatic N) is 2. The highest BCUT2D eigenvalue weighted by Crippen LogP contribution is 2.32. The number of nitrogens with one attached hydrogen (secondary N) is 1. The first kappa shape index (κ1) is 18.0. The summed E-state index contributed by atoms with van der Waals surface area (Å²) < 4.78 is 5.85. The second-order valence-corrected chi connectivity index (χ2v) is 7.54. The van der Waals surface area contributed by atoms with E-state index in [9.17, 15) is 4.79 Å². The zero-order valence-corrected chi connectivity index (χ0v) is 15.9. The predicted molar refractivity (Wildman–Crippen MR) is 105 cm³/mol. The second kappa shape index (κ2) is 8.07. The Kier molecular flexibility index (Phi) is 5.37. The molecule has 1 aromatic heterocycles. The van der Waals surface area contributed by atoms with Crippen molar-refractivity contribution < 1.29 is 9.53 Å². The van der Waals surface area contributed by atoms with Crippen LogP contribution in [0.4, 0.5) is 0 Å². The fourth-order valence-corrected chi connectivity index (χ4v) is 3.69. The van der Waals surface area contributed by atoms with Gasteiger partial charge >= 0.3 is 0 Å². The van der Waals surface area contributed by atoms with Gasteiger partial charge in [0.05, 0.1) is 12.3 Å². The first-order chi connectivity index (χ1) is 13.2. The molecule has 2 aliphatic rings. The van der Waals surface area contributed by atoms with Gasteiger partial charge in [0.25, 0.3) is 0 Å². The number of ether oxygens (including phenoxy) is 1. The van der Waals surface area contributed by atoms with Gasteiger partial charge < -0.3 is 10.1 Å². The Labute approximate surface area is 160 Å². The molecule has 5 nitrogen and oxygen atoms in total. The van der Waals surface area contributed by atoms with E-state index in [-0.39, 0.29) is 11.8 Å². The lowest BCUT2D eigenvalue weighted by Crippen LogP contribution is -2.32. The molecular weight excluding hydrogens is 338 g/mol. The van der Waals surface area contributed by atoms with Gasteiger partial charge in [0, 0.05) is 23.6 Å². The number of aryl methyl sites for hydroxylation is 1. The minimum absolute atomic E-state index is 0.0487. The van der Waals surface area contributed by atoms with Gasteiger partial charge in [-0.1, -0.05) is 30.3 Å². The molecule has 0 bridgehead atoms. The third kappa shape index (κ3) is 4.29. The highest BCUT2D eigenvalue weighted by atomic mass is 16.5. The highest BCUT2D eigenvalue weighted by molar-refractivity contribution is 5.78. The summed E-state index contributed by atoms with van der Waals surface area (Å²) in [6, 6.07) is 10.0. The van der Waals surface area contributed by atoms with E-state index in [0.29, 0.717) is 24.2 Å². The minimum Gasteiger partial charge on any atom is -0.478 e. The normalized spacial score (nSPS) is 19.1. The number of benzene rings is 1. The van der Waals surface area contributed by atoms with Crippen molar-refractivity contribution in [3.63, 3.8) is 0 Å². The molecular formula is C22H27N3O2. The van der Waals surface area contributed by atoms with Gasteiger partial charge in [0.2, 0.25) is 11.8 Å². The monoisotopic (exact) mass is 365 g/mol. The Bertz CT molecular complexity index is 803. The Balaban J connectivity index is 1.55. The maximum atomic E-state index is 12.6. The summed E-state index contributed by atoms with van der Waals surface area (Å²) in [6.45, 7) is 3.38. The van der Waals surface area contributed by atoms with Crippen LogP contribution in [0.3, 0.4) is 0 Å². The van der Waals surface area contributed by atoms with Crippen molar-refractivity contribution in [2.45, 2.75) is 45.4 Å². The molecule has 1 unspecified atom stereocenters. The molecule has 0 saturated heterocycles. The van der Waals surface area contributed by atoms with E-state index < -0.39 is 0 Å². The number of hydrogen-bond acceptors (Lipinski definition) is 4. The van der Waals surface area contributed by atoms with Gasteiger partial charge in [-0.25, -0.2) is 4.98 Å². The third-order valence-corrected chi connectivity index (χ3v) is 5.47. The molecule has 1 N–H and O–H groups in total. The molecule has 27 heavy (non-hydrogen) atoms. The van der Waals surface area contributed by atoms with Crippen LogP contribution in [0.1, 0.15) is 43.9 Å². The van der Waals surface area contributed by atoms with Crippen molar-refractivity contribution in [2.75, 3.05) is 13.2 Å². The zero-order chi connectivity index (χ0) is 18.6. The van der Waals surface area contributed by atoms with E-state index >= 15 is 0 Å². The number of hydrogen-bond donors (Lipinski definition) is 1. The average molecular weight is 365 g/mol. The predicted octanol–water partition coefficient (Wildman–Crippen LogP) is 3.56. The van der Waals surface area contributed by atoms with E-state index in [0.717, 1.165) is 49.0 Å². The van der Waals surface area contributed by atoms with Crippen LogP contribution < -0.4 is 10.1 Å². The fourth-order valence-electron chi connectivity index (χ4n) is 3.69. The lowest BCUT2D eigenvalue weighted by Gasteiger charge is -2.14. The zero-order valence-electron chi connectivity index (χ0n) is 15.9. The Morgan fingerprint density at radius 1 is 1.11 bits per heavy atom. The second-order valence-electron chi connectivity index (χ2n) is 7.54. The van der Waals surface area contributed by atoms with Crippen molar-refractivity contribution in [1.29, 1.82) is 0 Å². The maximum absolute atomic E-state index is 12.6. The molecule has 0 aliphatic heterocycles. The summed E-state index contributed by atoms with van der Waals surface area (Å²) in [5.74, 6) is 2.34. The molecule has 2 aliphatic carbocycles. The van der Waals surface area contributed by atoms with Crippen molar-refractivity contribution in [2.24, 2.45) is 11.8 Å². The number of carbonyl (C=O) groups excluding carboxylic acids is 1. The van der Waals surface area contributed by atoms with Gasteiger partial charge in [-0.05, 0) is 51.4 Å². The summed E-state index contributed by atoms with van der Waals surface area (Å²) in [6.07, 6.45) is 5.76. The number of rotatable bonds is 6. The number of aromatic nitrogens is 2. The van der Waals surface area contributed by atoms with E-state index in [1.165, 1.54) is 12.8 Å². The molecule has 1 fully saturated rings. The van der Waals surface area contributed by atoms with Gasteiger partial charge in [-0.2, -0.15) is 4.98 Å². The van der Waals surface area contributed by atoms with Gasteiger partial charge in [-0.15, -0.1) is 0 Å². The molecule has 1 atom stereocenters. The molecule has 2 aromatic rings. The maximum Gasteiger partial charge on any atom is 0.223 e. The molecule has 1 aromatic carbocycles. The molecule has 4 rings (SSSR count). The number of fused-ring (bicyclic) bond motifs is 1. The summed E-state index contributed by atoms with van der Waals surface area (Å²) >= 11 is 0. The van der Waals surface area contributed by atoms with Crippen molar-refractivity contribution in [1.82, 2.24) is 15.3 Å². The molecule has 1 heterocycles. The van der Waals surface area contributed by atoms with Crippen LogP contribution in [0.2, 0.25) is 0 Å². The number of carbonyl (C=O) groups is 1. The smallest absolute Gasteiger partial charge is 0.223 e. The summed E-state index contributed by atoms with van der Waals surface area (Å²) in [5, 5.41) is 3.14. The van der Waals surface area contributed by atoms with Gasteiger partial charge in [0.15, 0.2) is 5.82 Å². The Morgan fingerprint density at radius 2 is 1.89 bits per heavy atom. The van der Waals surface area contributed by atoms with E-state index in [4.69, 9.17) is 14.7 Å². The van der Waals surface area contributed by atoms with E-state index in [2.05, 4.69) is 5.32 Å². The SMILES string of the molecule is CCOc1nc(-c2ccccc2)nc2c1CCC(C(=O)NCC1CC1)CC2. The minimum atomic E-state index is 0.0487. The molecule has 5 heteroatoms. The molecule has 0 spiro atoms. The lowest BCUT2D eigenvalue weighted by molar-refractivity contribution is -0.125. The molecule has 142 valence electrons. The van der Waals surface area contributed by atoms with Crippen LogP contribution in [-0.4, -0.2) is 29.0 Å². The average Bonchev–Trinajstić information content (AvgIpc) is 3.53. The van der Waals surface area contributed by atoms with Crippen LogP contribution in [0.5, 0.6) is 5.88 Å². The molecule has 1 amide bonds. The van der Waals surface area contributed by atoms with Crippen molar-refractivity contribution in [3.05, 3.63) is 41.6 Å². The summed E-state index contributed by atoms with van der Waals surface area (Å²) in [7, 11) is 0. The first-order valence-electron chi connectivity index (χ1n) is 10.1. The van der Waals surface area contributed by atoms with Gasteiger partial charge in [0.1, 0.15) is 0 Å². The Hall–Kier alpha value is -2.43. The van der Waals surface area contributed by atoms with Crippen molar-refractivity contribution >= 4 is 5.91 Å².